The van der Waals surface area contributed by atoms with E-state index in [1.807, 2.05) is 24.3 Å². The van der Waals surface area contributed by atoms with Crippen LogP contribution < -0.4 is 15.5 Å². The molecule has 0 aromatic heterocycles. The van der Waals surface area contributed by atoms with E-state index < -0.39 is 0 Å². The Bertz CT molecular complexity index is 563. The zero-order valence-electron chi connectivity index (χ0n) is 13.9. The Morgan fingerprint density at radius 2 is 1.83 bits per heavy atom. The summed E-state index contributed by atoms with van der Waals surface area (Å²) in [5, 5.41) is 5.77. The zero-order valence-corrected chi connectivity index (χ0v) is 13.9. The van der Waals surface area contributed by atoms with Crippen molar-refractivity contribution in [2.45, 2.75) is 25.7 Å². The Balaban J connectivity index is 1.36. The summed E-state index contributed by atoms with van der Waals surface area (Å²) in [6, 6.07) is 7.91. The summed E-state index contributed by atoms with van der Waals surface area (Å²) in [5.41, 5.74) is 1.96. The largest absolute Gasteiger partial charge is 0.378 e. The Kier molecular flexibility index (Phi) is 5.69. The van der Waals surface area contributed by atoms with E-state index in [-0.39, 0.29) is 17.7 Å². The lowest BCUT2D eigenvalue weighted by molar-refractivity contribution is -0.122. The molecule has 1 aliphatic heterocycles. The first-order chi connectivity index (χ1) is 11.7. The van der Waals surface area contributed by atoms with E-state index >= 15 is 0 Å². The van der Waals surface area contributed by atoms with Crippen molar-refractivity contribution < 1.29 is 14.3 Å². The SMILES string of the molecule is O=C(CCCNC(=O)C1CC1)Nc1ccc(N2CCOCC2)cc1. The van der Waals surface area contributed by atoms with Gasteiger partial charge in [-0.2, -0.15) is 0 Å². The first-order valence-corrected chi connectivity index (χ1v) is 8.73. The summed E-state index contributed by atoms with van der Waals surface area (Å²) in [6.45, 7) is 3.89. The highest BCUT2D eigenvalue weighted by molar-refractivity contribution is 5.90. The molecule has 1 aromatic carbocycles. The highest BCUT2D eigenvalue weighted by Gasteiger charge is 2.28. The summed E-state index contributed by atoms with van der Waals surface area (Å²) < 4.78 is 5.35. The zero-order chi connectivity index (χ0) is 16.8. The lowest BCUT2D eigenvalue weighted by Crippen LogP contribution is -2.36. The van der Waals surface area contributed by atoms with Gasteiger partial charge in [0, 0.05) is 43.3 Å². The molecule has 3 rings (SSSR count). The molecule has 0 atom stereocenters. The maximum Gasteiger partial charge on any atom is 0.224 e. The van der Waals surface area contributed by atoms with Gasteiger partial charge in [-0.1, -0.05) is 0 Å². The molecule has 1 heterocycles. The number of anilines is 2. The second-order valence-electron chi connectivity index (χ2n) is 6.36. The number of benzene rings is 1. The van der Waals surface area contributed by atoms with Gasteiger partial charge in [0.05, 0.1) is 13.2 Å². The van der Waals surface area contributed by atoms with Gasteiger partial charge in [-0.3, -0.25) is 9.59 Å². The highest BCUT2D eigenvalue weighted by atomic mass is 16.5. The fraction of sp³-hybridized carbons (Fsp3) is 0.556. The molecule has 0 unspecified atom stereocenters. The smallest absolute Gasteiger partial charge is 0.224 e. The molecule has 2 amide bonds. The van der Waals surface area contributed by atoms with E-state index in [4.69, 9.17) is 4.74 Å². The predicted molar refractivity (Wildman–Crippen MR) is 93.1 cm³/mol. The van der Waals surface area contributed by atoms with Crippen LogP contribution in [-0.4, -0.2) is 44.7 Å². The normalized spacial score (nSPS) is 17.4. The quantitative estimate of drug-likeness (QED) is 0.747. The van der Waals surface area contributed by atoms with Crippen molar-refractivity contribution in [3.05, 3.63) is 24.3 Å². The molecular formula is C18H25N3O3. The molecule has 1 saturated carbocycles. The highest BCUT2D eigenvalue weighted by Crippen LogP contribution is 2.28. The average molecular weight is 331 g/mol. The molecule has 6 heteroatoms. The molecule has 2 fully saturated rings. The molecular weight excluding hydrogens is 306 g/mol. The fourth-order valence-corrected chi connectivity index (χ4v) is 2.75. The topological polar surface area (TPSA) is 70.7 Å². The minimum Gasteiger partial charge on any atom is -0.378 e. The number of nitrogens with zero attached hydrogens (tertiary/aromatic N) is 1. The van der Waals surface area contributed by atoms with Crippen LogP contribution in [0.15, 0.2) is 24.3 Å². The molecule has 130 valence electrons. The first kappa shape index (κ1) is 16.8. The van der Waals surface area contributed by atoms with E-state index in [1.165, 1.54) is 0 Å². The van der Waals surface area contributed by atoms with E-state index in [0.29, 0.717) is 19.4 Å². The second-order valence-corrected chi connectivity index (χ2v) is 6.36. The minimum absolute atomic E-state index is 0.0187. The summed E-state index contributed by atoms with van der Waals surface area (Å²) >= 11 is 0. The summed E-state index contributed by atoms with van der Waals surface area (Å²) in [4.78, 5) is 25.7. The molecule has 2 N–H and O–H groups in total. The van der Waals surface area contributed by atoms with E-state index in [2.05, 4.69) is 15.5 Å². The van der Waals surface area contributed by atoms with Crippen molar-refractivity contribution in [1.82, 2.24) is 5.32 Å². The standard InChI is InChI=1S/C18H25N3O3/c22-17(2-1-9-19-18(23)14-3-4-14)20-15-5-7-16(8-6-15)21-10-12-24-13-11-21/h5-8,14H,1-4,9-13H2,(H,19,23)(H,20,22). The van der Waals surface area contributed by atoms with Crippen LogP contribution in [0, 0.1) is 5.92 Å². The van der Waals surface area contributed by atoms with E-state index in [0.717, 1.165) is 50.5 Å². The van der Waals surface area contributed by atoms with Gasteiger partial charge in [0.15, 0.2) is 0 Å². The molecule has 1 aromatic rings. The number of hydrogen-bond acceptors (Lipinski definition) is 4. The van der Waals surface area contributed by atoms with Crippen molar-refractivity contribution in [2.75, 3.05) is 43.1 Å². The van der Waals surface area contributed by atoms with Crippen molar-refractivity contribution in [1.29, 1.82) is 0 Å². The number of carbonyl (C=O) groups excluding carboxylic acids is 2. The Morgan fingerprint density at radius 3 is 2.50 bits per heavy atom. The van der Waals surface area contributed by atoms with Crippen LogP contribution in [0.4, 0.5) is 11.4 Å². The molecule has 1 saturated heterocycles. The Labute approximate surface area is 142 Å². The van der Waals surface area contributed by atoms with Crippen molar-refractivity contribution >= 4 is 23.2 Å². The number of ether oxygens (including phenoxy) is 1. The van der Waals surface area contributed by atoms with Crippen LogP contribution in [0.3, 0.4) is 0 Å². The fourth-order valence-electron chi connectivity index (χ4n) is 2.75. The van der Waals surface area contributed by atoms with Gasteiger partial charge in [0.2, 0.25) is 11.8 Å². The maximum atomic E-state index is 11.9. The van der Waals surface area contributed by atoms with Crippen molar-refractivity contribution in [3.63, 3.8) is 0 Å². The number of rotatable bonds is 7. The third-order valence-electron chi connectivity index (χ3n) is 4.36. The monoisotopic (exact) mass is 331 g/mol. The van der Waals surface area contributed by atoms with Gasteiger partial charge in [0.25, 0.3) is 0 Å². The van der Waals surface area contributed by atoms with Crippen LogP contribution >= 0.6 is 0 Å². The van der Waals surface area contributed by atoms with Crippen LogP contribution in [0.5, 0.6) is 0 Å². The Morgan fingerprint density at radius 1 is 1.12 bits per heavy atom. The third kappa shape index (κ3) is 4.96. The molecule has 0 radical (unpaired) electrons. The van der Waals surface area contributed by atoms with Gasteiger partial charge in [-0.15, -0.1) is 0 Å². The number of amides is 2. The number of carbonyl (C=O) groups is 2. The molecule has 0 spiro atoms. The molecule has 1 aliphatic carbocycles. The summed E-state index contributed by atoms with van der Waals surface area (Å²) in [6.07, 6.45) is 3.09. The molecule has 0 bridgehead atoms. The lowest BCUT2D eigenvalue weighted by atomic mass is 10.2. The van der Waals surface area contributed by atoms with Crippen molar-refractivity contribution in [2.24, 2.45) is 5.92 Å². The molecule has 2 aliphatic rings. The van der Waals surface area contributed by atoms with Crippen LogP contribution in [0.25, 0.3) is 0 Å². The second kappa shape index (κ2) is 8.15. The third-order valence-corrected chi connectivity index (χ3v) is 4.36. The summed E-state index contributed by atoms with van der Waals surface area (Å²) in [7, 11) is 0. The van der Waals surface area contributed by atoms with Crippen molar-refractivity contribution in [3.8, 4) is 0 Å². The van der Waals surface area contributed by atoms with Gasteiger partial charge in [-0.05, 0) is 43.5 Å². The maximum absolute atomic E-state index is 11.9. The van der Waals surface area contributed by atoms with Crippen LogP contribution in [0.2, 0.25) is 0 Å². The number of hydrogen-bond donors (Lipinski definition) is 2. The van der Waals surface area contributed by atoms with Gasteiger partial charge < -0.3 is 20.3 Å². The first-order valence-electron chi connectivity index (χ1n) is 8.73. The Hall–Kier alpha value is -2.08. The van der Waals surface area contributed by atoms with Gasteiger partial charge in [-0.25, -0.2) is 0 Å². The lowest BCUT2D eigenvalue weighted by Gasteiger charge is -2.28. The average Bonchev–Trinajstić information content (AvgIpc) is 3.45. The number of nitrogens with one attached hydrogen (secondary N) is 2. The van der Waals surface area contributed by atoms with Gasteiger partial charge in [0.1, 0.15) is 0 Å². The van der Waals surface area contributed by atoms with Crippen LogP contribution in [0.1, 0.15) is 25.7 Å². The van der Waals surface area contributed by atoms with Crippen LogP contribution in [-0.2, 0) is 14.3 Å². The summed E-state index contributed by atoms with van der Waals surface area (Å²) in [5.74, 6) is 0.340. The van der Waals surface area contributed by atoms with E-state index in [1.54, 1.807) is 0 Å². The predicted octanol–water partition coefficient (Wildman–Crippen LogP) is 1.77. The van der Waals surface area contributed by atoms with Gasteiger partial charge >= 0.3 is 0 Å². The molecule has 6 nitrogen and oxygen atoms in total. The van der Waals surface area contributed by atoms with E-state index in [9.17, 15) is 9.59 Å². The number of morpholine rings is 1. The molecule has 24 heavy (non-hydrogen) atoms. The minimum atomic E-state index is -0.0187.